The van der Waals surface area contributed by atoms with Crippen LogP contribution < -0.4 is 0 Å². The first-order valence-electron chi connectivity index (χ1n) is 3.36. The highest BCUT2D eigenvalue weighted by molar-refractivity contribution is 6.52. The molecule has 0 fully saturated rings. The highest BCUT2D eigenvalue weighted by Crippen LogP contribution is 2.31. The standard InChI is InChI=1S/C8H3Cl3O3/c9-3-1-2-4(10)6(11)5(3)7(12)8(13)14/h1-2H,(H,13,14). The molecule has 0 aliphatic carbocycles. The van der Waals surface area contributed by atoms with Crippen molar-refractivity contribution in [3.63, 3.8) is 0 Å². The summed E-state index contributed by atoms with van der Waals surface area (Å²) in [7, 11) is 0. The number of ketones is 1. The number of Topliss-reactive ketones (excluding diaryl/α,β-unsaturated/α-hetero) is 1. The fourth-order valence-electron chi connectivity index (χ4n) is 0.842. The summed E-state index contributed by atoms with van der Waals surface area (Å²) >= 11 is 16.8. The third-order valence-corrected chi connectivity index (χ3v) is 2.58. The lowest BCUT2D eigenvalue weighted by Crippen LogP contribution is -2.13. The van der Waals surface area contributed by atoms with Gasteiger partial charge in [-0.3, -0.25) is 4.79 Å². The molecule has 0 amide bonds. The van der Waals surface area contributed by atoms with Crippen LogP contribution in [0, 0.1) is 0 Å². The highest BCUT2D eigenvalue weighted by Gasteiger charge is 2.22. The summed E-state index contributed by atoms with van der Waals surface area (Å²) in [4.78, 5) is 21.5. The van der Waals surface area contributed by atoms with Crippen LogP contribution in [0.1, 0.15) is 10.4 Å². The normalized spacial score (nSPS) is 9.93. The summed E-state index contributed by atoms with van der Waals surface area (Å²) in [6.45, 7) is 0. The first kappa shape index (κ1) is 11.3. The van der Waals surface area contributed by atoms with Crippen molar-refractivity contribution in [2.75, 3.05) is 0 Å². The van der Waals surface area contributed by atoms with E-state index in [1.165, 1.54) is 12.1 Å². The van der Waals surface area contributed by atoms with Gasteiger partial charge in [0, 0.05) is 0 Å². The van der Waals surface area contributed by atoms with Crippen molar-refractivity contribution in [2.45, 2.75) is 0 Å². The minimum Gasteiger partial charge on any atom is -0.475 e. The zero-order chi connectivity index (χ0) is 10.9. The zero-order valence-electron chi connectivity index (χ0n) is 6.55. The van der Waals surface area contributed by atoms with Gasteiger partial charge >= 0.3 is 5.97 Å². The van der Waals surface area contributed by atoms with E-state index in [0.29, 0.717) is 0 Å². The molecule has 0 heterocycles. The SMILES string of the molecule is O=C(O)C(=O)c1c(Cl)ccc(Cl)c1Cl. The molecule has 0 atom stereocenters. The van der Waals surface area contributed by atoms with Gasteiger partial charge in [-0.1, -0.05) is 34.8 Å². The lowest BCUT2D eigenvalue weighted by molar-refractivity contribution is -0.131. The average molecular weight is 253 g/mol. The van der Waals surface area contributed by atoms with E-state index in [-0.39, 0.29) is 20.6 Å². The molecule has 3 nitrogen and oxygen atoms in total. The third kappa shape index (κ3) is 2.00. The van der Waals surface area contributed by atoms with Crippen molar-refractivity contribution in [3.05, 3.63) is 32.8 Å². The molecule has 0 unspecified atom stereocenters. The summed E-state index contributed by atoms with van der Waals surface area (Å²) in [6.07, 6.45) is 0. The van der Waals surface area contributed by atoms with Crippen molar-refractivity contribution in [1.82, 2.24) is 0 Å². The number of carbonyl (C=O) groups is 2. The van der Waals surface area contributed by atoms with Crippen LogP contribution in [0.2, 0.25) is 15.1 Å². The van der Waals surface area contributed by atoms with Crippen LogP contribution in [-0.2, 0) is 4.79 Å². The monoisotopic (exact) mass is 252 g/mol. The smallest absolute Gasteiger partial charge is 0.377 e. The number of hydrogen-bond donors (Lipinski definition) is 1. The molecule has 1 N–H and O–H groups in total. The number of aliphatic carboxylic acids is 1. The quantitative estimate of drug-likeness (QED) is 0.501. The van der Waals surface area contributed by atoms with Gasteiger partial charge in [0.2, 0.25) is 0 Å². The van der Waals surface area contributed by atoms with E-state index in [1.54, 1.807) is 0 Å². The maximum atomic E-state index is 11.1. The van der Waals surface area contributed by atoms with Gasteiger partial charge in [0.1, 0.15) is 0 Å². The summed E-state index contributed by atoms with van der Waals surface area (Å²) in [5.41, 5.74) is -0.284. The van der Waals surface area contributed by atoms with Gasteiger partial charge in [-0.05, 0) is 12.1 Å². The van der Waals surface area contributed by atoms with Gasteiger partial charge in [-0.25, -0.2) is 4.79 Å². The van der Waals surface area contributed by atoms with Crippen molar-refractivity contribution in [3.8, 4) is 0 Å². The Balaban J connectivity index is 3.40. The topological polar surface area (TPSA) is 54.4 Å². The molecule has 1 aromatic carbocycles. The number of halogens is 3. The van der Waals surface area contributed by atoms with E-state index in [1.807, 2.05) is 0 Å². The molecule has 0 radical (unpaired) electrons. The molecule has 0 saturated heterocycles. The van der Waals surface area contributed by atoms with Crippen LogP contribution in [0.5, 0.6) is 0 Å². The number of hydrogen-bond acceptors (Lipinski definition) is 2. The summed E-state index contributed by atoms with van der Waals surface area (Å²) in [5, 5.41) is 8.37. The van der Waals surface area contributed by atoms with E-state index in [0.717, 1.165) is 0 Å². The number of carboxylic acids is 1. The Morgan fingerprint density at radius 1 is 1.07 bits per heavy atom. The molecule has 74 valence electrons. The van der Waals surface area contributed by atoms with Crippen LogP contribution in [0.3, 0.4) is 0 Å². The van der Waals surface area contributed by atoms with E-state index < -0.39 is 11.8 Å². The van der Waals surface area contributed by atoms with Gasteiger partial charge in [0.05, 0.1) is 20.6 Å². The molecule has 0 aromatic heterocycles. The van der Waals surface area contributed by atoms with E-state index in [2.05, 4.69) is 0 Å². The fraction of sp³-hybridized carbons (Fsp3) is 0. The van der Waals surface area contributed by atoms with Crippen LogP contribution in [0.4, 0.5) is 0 Å². The molecule has 0 aliphatic heterocycles. The summed E-state index contributed by atoms with van der Waals surface area (Å²) < 4.78 is 0. The van der Waals surface area contributed by atoms with Crippen molar-refractivity contribution in [2.24, 2.45) is 0 Å². The average Bonchev–Trinajstić information content (AvgIpc) is 2.12. The van der Waals surface area contributed by atoms with Crippen molar-refractivity contribution < 1.29 is 14.7 Å². The molecular formula is C8H3Cl3O3. The van der Waals surface area contributed by atoms with Gasteiger partial charge in [-0.15, -0.1) is 0 Å². The third-order valence-electron chi connectivity index (χ3n) is 1.47. The van der Waals surface area contributed by atoms with Crippen LogP contribution >= 0.6 is 34.8 Å². The maximum Gasteiger partial charge on any atom is 0.377 e. The lowest BCUT2D eigenvalue weighted by Gasteiger charge is -2.03. The van der Waals surface area contributed by atoms with Crippen molar-refractivity contribution in [1.29, 1.82) is 0 Å². The summed E-state index contributed by atoms with van der Waals surface area (Å²) in [6, 6.07) is 2.69. The predicted octanol–water partition coefficient (Wildman–Crippen LogP) is 2.91. The second kappa shape index (κ2) is 4.17. The molecule has 1 rings (SSSR count). The number of carboxylic acid groups (broad SMARTS) is 1. The highest BCUT2D eigenvalue weighted by atomic mass is 35.5. The minimum atomic E-state index is -1.63. The first-order chi connectivity index (χ1) is 6.45. The van der Waals surface area contributed by atoms with E-state index >= 15 is 0 Å². The fourth-order valence-corrected chi connectivity index (χ4v) is 1.54. The first-order valence-corrected chi connectivity index (χ1v) is 4.49. The molecule has 0 spiro atoms. The lowest BCUT2D eigenvalue weighted by atomic mass is 10.1. The van der Waals surface area contributed by atoms with Gasteiger partial charge in [0.15, 0.2) is 0 Å². The number of carbonyl (C=O) groups excluding carboxylic acids is 1. The van der Waals surface area contributed by atoms with Crippen LogP contribution in [-0.4, -0.2) is 16.9 Å². The second-order valence-corrected chi connectivity index (χ2v) is 3.54. The second-order valence-electron chi connectivity index (χ2n) is 2.35. The zero-order valence-corrected chi connectivity index (χ0v) is 8.82. The van der Waals surface area contributed by atoms with Crippen molar-refractivity contribution >= 4 is 46.6 Å². The van der Waals surface area contributed by atoms with E-state index in [4.69, 9.17) is 39.9 Å². The molecule has 0 aliphatic rings. The predicted molar refractivity (Wildman–Crippen MR) is 53.4 cm³/mol. The Morgan fingerprint density at radius 3 is 2.07 bits per heavy atom. The molecule has 0 bridgehead atoms. The number of rotatable bonds is 2. The Labute approximate surface area is 94.2 Å². The maximum absolute atomic E-state index is 11.1. The van der Waals surface area contributed by atoms with Gasteiger partial charge < -0.3 is 5.11 Å². The van der Waals surface area contributed by atoms with Crippen LogP contribution in [0.25, 0.3) is 0 Å². The Kier molecular flexibility index (Phi) is 3.37. The molecular weight excluding hydrogens is 250 g/mol. The summed E-state index contributed by atoms with van der Waals surface area (Å²) in [5.74, 6) is -2.81. The Morgan fingerprint density at radius 2 is 1.57 bits per heavy atom. The molecule has 1 aromatic rings. The van der Waals surface area contributed by atoms with Gasteiger partial charge in [-0.2, -0.15) is 0 Å². The largest absolute Gasteiger partial charge is 0.475 e. The minimum absolute atomic E-state index is 0.0354. The number of benzene rings is 1. The van der Waals surface area contributed by atoms with Gasteiger partial charge in [0.25, 0.3) is 5.78 Å². The molecule has 0 saturated carbocycles. The van der Waals surface area contributed by atoms with E-state index in [9.17, 15) is 9.59 Å². The Bertz CT molecular complexity index is 415. The molecule has 14 heavy (non-hydrogen) atoms. The Hall–Kier alpha value is -0.770. The molecule has 6 heteroatoms. The van der Waals surface area contributed by atoms with Crippen LogP contribution in [0.15, 0.2) is 12.1 Å².